The molecule has 92 valence electrons. The molecule has 1 saturated heterocycles. The molecule has 17 heavy (non-hydrogen) atoms. The zero-order chi connectivity index (χ0) is 12.4. The summed E-state index contributed by atoms with van der Waals surface area (Å²) in [5, 5.41) is 13.6. The van der Waals surface area contributed by atoms with Crippen LogP contribution in [0, 0.1) is 21.8 Å². The smallest absolute Gasteiger partial charge is 0.272 e. The standard InChI is InChI=1S/C11H13FN2O2S/c1-7-5-17-6-11(7)13-10-3-2-8(14(15)16)4-9(10)12/h2-4,7,11,13H,5-6H2,1H3. The Kier molecular flexibility index (Phi) is 3.51. The molecule has 1 N–H and O–H groups in total. The monoisotopic (exact) mass is 256 g/mol. The fraction of sp³-hybridized carbons (Fsp3) is 0.455. The molecule has 1 fully saturated rings. The number of nitro benzene ring substituents is 1. The molecule has 4 nitrogen and oxygen atoms in total. The van der Waals surface area contributed by atoms with Crippen LogP contribution in [0.4, 0.5) is 15.8 Å². The lowest BCUT2D eigenvalue weighted by Gasteiger charge is -2.18. The first-order chi connectivity index (χ1) is 8.08. The number of nitro groups is 1. The van der Waals surface area contributed by atoms with Crippen molar-refractivity contribution < 1.29 is 9.31 Å². The van der Waals surface area contributed by atoms with E-state index in [-0.39, 0.29) is 11.7 Å². The first-order valence-electron chi connectivity index (χ1n) is 5.36. The van der Waals surface area contributed by atoms with E-state index in [1.165, 1.54) is 12.1 Å². The lowest BCUT2D eigenvalue weighted by molar-refractivity contribution is -0.385. The molecule has 1 aromatic rings. The van der Waals surface area contributed by atoms with Gasteiger partial charge in [-0.05, 0) is 17.7 Å². The number of non-ortho nitro benzene ring substituents is 1. The summed E-state index contributed by atoms with van der Waals surface area (Å²) >= 11 is 1.83. The molecule has 1 aliphatic rings. The molecular weight excluding hydrogens is 243 g/mol. The topological polar surface area (TPSA) is 55.2 Å². The van der Waals surface area contributed by atoms with E-state index >= 15 is 0 Å². The highest BCUT2D eigenvalue weighted by Gasteiger charge is 2.24. The average Bonchev–Trinajstić information content (AvgIpc) is 2.67. The molecule has 0 radical (unpaired) electrons. The Hall–Kier alpha value is -1.30. The minimum Gasteiger partial charge on any atom is -0.379 e. The summed E-state index contributed by atoms with van der Waals surface area (Å²) < 4.78 is 13.6. The van der Waals surface area contributed by atoms with Crippen LogP contribution in [0.1, 0.15) is 6.92 Å². The van der Waals surface area contributed by atoms with Gasteiger partial charge in [-0.1, -0.05) is 6.92 Å². The molecule has 0 aromatic heterocycles. The number of nitrogens with one attached hydrogen (secondary N) is 1. The van der Waals surface area contributed by atoms with Crippen molar-refractivity contribution in [2.45, 2.75) is 13.0 Å². The fourth-order valence-corrected chi connectivity index (χ4v) is 3.19. The number of benzene rings is 1. The predicted octanol–water partition coefficient (Wildman–Crippen LogP) is 2.90. The zero-order valence-corrected chi connectivity index (χ0v) is 10.2. The Morgan fingerprint density at radius 2 is 2.29 bits per heavy atom. The van der Waals surface area contributed by atoms with Gasteiger partial charge in [-0.15, -0.1) is 0 Å². The lowest BCUT2D eigenvalue weighted by atomic mass is 10.1. The van der Waals surface area contributed by atoms with E-state index in [2.05, 4.69) is 12.2 Å². The average molecular weight is 256 g/mol. The molecule has 0 saturated carbocycles. The van der Waals surface area contributed by atoms with Crippen LogP contribution < -0.4 is 5.32 Å². The van der Waals surface area contributed by atoms with Gasteiger partial charge < -0.3 is 5.32 Å². The van der Waals surface area contributed by atoms with Gasteiger partial charge in [0, 0.05) is 17.9 Å². The molecule has 1 aromatic carbocycles. The highest BCUT2D eigenvalue weighted by molar-refractivity contribution is 7.99. The summed E-state index contributed by atoms with van der Waals surface area (Å²) in [7, 11) is 0. The Bertz CT molecular complexity index is 441. The van der Waals surface area contributed by atoms with Crippen molar-refractivity contribution in [2.24, 2.45) is 5.92 Å². The van der Waals surface area contributed by atoms with Gasteiger partial charge in [-0.3, -0.25) is 10.1 Å². The summed E-state index contributed by atoms with van der Waals surface area (Å²) in [5.41, 5.74) is 0.122. The summed E-state index contributed by atoms with van der Waals surface area (Å²) in [5.74, 6) is 1.92. The molecule has 6 heteroatoms. The normalized spacial score (nSPS) is 23.6. The highest BCUT2D eigenvalue weighted by atomic mass is 32.2. The van der Waals surface area contributed by atoms with Gasteiger partial charge in [0.15, 0.2) is 5.82 Å². The number of thioether (sulfide) groups is 1. The van der Waals surface area contributed by atoms with Crippen LogP contribution in [0.3, 0.4) is 0 Å². The second kappa shape index (κ2) is 4.91. The van der Waals surface area contributed by atoms with E-state index in [4.69, 9.17) is 0 Å². The van der Waals surface area contributed by atoms with Crippen LogP contribution in [0.25, 0.3) is 0 Å². The highest BCUT2D eigenvalue weighted by Crippen LogP contribution is 2.28. The maximum absolute atomic E-state index is 13.6. The van der Waals surface area contributed by atoms with Gasteiger partial charge in [0.2, 0.25) is 0 Å². The van der Waals surface area contributed by atoms with Gasteiger partial charge in [0.05, 0.1) is 16.7 Å². The molecule has 1 aliphatic heterocycles. The SMILES string of the molecule is CC1CSCC1Nc1ccc([N+](=O)[O-])cc1F. The Morgan fingerprint density at radius 1 is 1.53 bits per heavy atom. The summed E-state index contributed by atoms with van der Waals surface area (Å²) in [6.07, 6.45) is 0. The van der Waals surface area contributed by atoms with Crippen molar-refractivity contribution in [3.8, 4) is 0 Å². The van der Waals surface area contributed by atoms with Crippen molar-refractivity contribution in [3.05, 3.63) is 34.1 Å². The Balaban J connectivity index is 2.14. The summed E-state index contributed by atoms with van der Waals surface area (Å²) in [6, 6.07) is 3.94. The van der Waals surface area contributed by atoms with Crippen LogP contribution >= 0.6 is 11.8 Å². The van der Waals surface area contributed by atoms with Gasteiger partial charge in [-0.2, -0.15) is 11.8 Å². The van der Waals surface area contributed by atoms with Crippen LogP contribution in [-0.2, 0) is 0 Å². The van der Waals surface area contributed by atoms with Crippen molar-refractivity contribution in [3.63, 3.8) is 0 Å². The quantitative estimate of drug-likeness (QED) is 0.667. The van der Waals surface area contributed by atoms with Crippen molar-refractivity contribution in [2.75, 3.05) is 16.8 Å². The first kappa shape index (κ1) is 12.2. The van der Waals surface area contributed by atoms with Crippen molar-refractivity contribution >= 4 is 23.1 Å². The first-order valence-corrected chi connectivity index (χ1v) is 6.51. The second-order valence-electron chi connectivity index (χ2n) is 4.19. The van der Waals surface area contributed by atoms with Crippen molar-refractivity contribution in [1.82, 2.24) is 0 Å². The lowest BCUT2D eigenvalue weighted by Crippen LogP contribution is -2.26. The number of halogens is 1. The van der Waals surface area contributed by atoms with Crippen LogP contribution in [0.5, 0.6) is 0 Å². The number of hydrogen-bond donors (Lipinski definition) is 1. The maximum atomic E-state index is 13.6. The molecular formula is C11H13FN2O2S. The van der Waals surface area contributed by atoms with E-state index in [0.29, 0.717) is 11.6 Å². The Labute approximate surface area is 103 Å². The van der Waals surface area contributed by atoms with Gasteiger partial charge in [0.1, 0.15) is 0 Å². The van der Waals surface area contributed by atoms with E-state index in [1.54, 1.807) is 0 Å². The minimum atomic E-state index is -0.596. The minimum absolute atomic E-state index is 0.220. The third kappa shape index (κ3) is 2.69. The molecule has 0 aliphatic carbocycles. The van der Waals surface area contributed by atoms with Crippen LogP contribution in [-0.4, -0.2) is 22.5 Å². The Morgan fingerprint density at radius 3 is 2.82 bits per heavy atom. The van der Waals surface area contributed by atoms with Gasteiger partial charge in [-0.25, -0.2) is 4.39 Å². The molecule has 2 atom stereocenters. The van der Waals surface area contributed by atoms with E-state index < -0.39 is 10.7 Å². The predicted molar refractivity (Wildman–Crippen MR) is 67.0 cm³/mol. The molecule has 0 amide bonds. The van der Waals surface area contributed by atoms with Crippen LogP contribution in [0.2, 0.25) is 0 Å². The summed E-state index contributed by atoms with van der Waals surface area (Å²) in [6.45, 7) is 2.11. The van der Waals surface area contributed by atoms with Gasteiger partial charge >= 0.3 is 0 Å². The molecule has 1 heterocycles. The van der Waals surface area contributed by atoms with Crippen molar-refractivity contribution in [1.29, 1.82) is 0 Å². The molecule has 2 rings (SSSR count). The van der Waals surface area contributed by atoms with E-state index in [1.807, 2.05) is 11.8 Å². The zero-order valence-electron chi connectivity index (χ0n) is 9.35. The number of rotatable bonds is 3. The molecule has 0 bridgehead atoms. The summed E-state index contributed by atoms with van der Waals surface area (Å²) in [4.78, 5) is 9.88. The molecule has 0 spiro atoms. The largest absolute Gasteiger partial charge is 0.379 e. The van der Waals surface area contributed by atoms with Crippen LogP contribution in [0.15, 0.2) is 18.2 Å². The fourth-order valence-electron chi connectivity index (χ4n) is 1.78. The maximum Gasteiger partial charge on any atom is 0.272 e. The third-order valence-electron chi connectivity index (χ3n) is 2.87. The second-order valence-corrected chi connectivity index (χ2v) is 5.26. The third-order valence-corrected chi connectivity index (χ3v) is 4.23. The number of nitrogens with zero attached hydrogens (tertiary/aromatic N) is 1. The number of anilines is 1. The van der Waals surface area contributed by atoms with Gasteiger partial charge in [0.25, 0.3) is 5.69 Å². The molecule has 2 unspecified atom stereocenters. The van der Waals surface area contributed by atoms with E-state index in [9.17, 15) is 14.5 Å². The number of hydrogen-bond acceptors (Lipinski definition) is 4. The van der Waals surface area contributed by atoms with E-state index in [0.717, 1.165) is 17.6 Å².